The first-order valence-electron chi connectivity index (χ1n) is 12.2. The molecule has 4 N–H and O–H groups in total. The van der Waals surface area contributed by atoms with E-state index in [0.717, 1.165) is 12.0 Å². The van der Waals surface area contributed by atoms with Crippen molar-refractivity contribution in [3.8, 4) is 0 Å². The number of aliphatic hydroxyl groups is 1. The molecule has 2 aromatic carbocycles. The number of alkyl carbamates (subject to hydrolysis) is 1. The molecule has 0 bridgehead atoms. The number of sulfonamides is 1. The Labute approximate surface area is 213 Å². The van der Waals surface area contributed by atoms with Gasteiger partial charge in [-0.15, -0.1) is 0 Å². The number of nitrogen functional groups attached to an aromatic ring is 1. The maximum absolute atomic E-state index is 13.4. The molecule has 1 aliphatic heterocycles. The molecule has 0 radical (unpaired) electrons. The van der Waals surface area contributed by atoms with Gasteiger partial charge in [-0.25, -0.2) is 13.2 Å². The van der Waals surface area contributed by atoms with Gasteiger partial charge in [0.2, 0.25) is 10.0 Å². The van der Waals surface area contributed by atoms with Crippen molar-refractivity contribution in [2.24, 2.45) is 11.8 Å². The molecule has 9 nitrogen and oxygen atoms in total. The summed E-state index contributed by atoms with van der Waals surface area (Å²) in [6.45, 7) is 5.25. The van der Waals surface area contributed by atoms with Gasteiger partial charge in [-0.2, -0.15) is 4.31 Å². The van der Waals surface area contributed by atoms with E-state index < -0.39 is 28.3 Å². The van der Waals surface area contributed by atoms with E-state index in [1.54, 1.807) is 0 Å². The Morgan fingerprint density at radius 3 is 2.47 bits per heavy atom. The molecular weight excluding hydrogens is 482 g/mol. The van der Waals surface area contributed by atoms with E-state index >= 15 is 0 Å². The molecule has 0 aromatic heterocycles. The normalized spacial score (nSPS) is 17.8. The first-order chi connectivity index (χ1) is 17.1. The first kappa shape index (κ1) is 27.9. The molecule has 1 fully saturated rings. The van der Waals surface area contributed by atoms with Crippen molar-refractivity contribution in [3.63, 3.8) is 0 Å². The number of anilines is 1. The van der Waals surface area contributed by atoms with E-state index in [2.05, 4.69) is 5.32 Å². The zero-order valence-corrected chi connectivity index (χ0v) is 21.7. The van der Waals surface area contributed by atoms with Crippen LogP contribution in [-0.4, -0.2) is 69.0 Å². The smallest absolute Gasteiger partial charge is 0.407 e. The lowest BCUT2D eigenvalue weighted by atomic mass is 10.0. The summed E-state index contributed by atoms with van der Waals surface area (Å²) in [4.78, 5) is 12.7. The number of nitrogens with one attached hydrogen (secondary N) is 1. The lowest BCUT2D eigenvalue weighted by molar-refractivity contribution is 0.0822. The number of amides is 1. The van der Waals surface area contributed by atoms with Crippen LogP contribution in [0.1, 0.15) is 25.8 Å². The van der Waals surface area contributed by atoms with E-state index in [9.17, 15) is 18.3 Å². The largest absolute Gasteiger partial charge is 0.449 e. The molecule has 10 heteroatoms. The Morgan fingerprint density at radius 2 is 1.86 bits per heavy atom. The van der Waals surface area contributed by atoms with Gasteiger partial charge in [0.15, 0.2) is 0 Å². The third-order valence-corrected chi connectivity index (χ3v) is 7.86. The predicted octanol–water partition coefficient (Wildman–Crippen LogP) is 2.65. The molecule has 1 unspecified atom stereocenters. The Balaban J connectivity index is 1.76. The molecule has 36 heavy (non-hydrogen) atoms. The van der Waals surface area contributed by atoms with E-state index in [1.165, 1.54) is 28.6 Å². The predicted molar refractivity (Wildman–Crippen MR) is 138 cm³/mol. The van der Waals surface area contributed by atoms with Crippen molar-refractivity contribution >= 4 is 21.8 Å². The van der Waals surface area contributed by atoms with Crippen LogP contribution >= 0.6 is 0 Å². The Morgan fingerprint density at radius 1 is 1.17 bits per heavy atom. The van der Waals surface area contributed by atoms with Crippen LogP contribution in [0.25, 0.3) is 0 Å². The molecular formula is C26H37N3O6S. The summed E-state index contributed by atoms with van der Waals surface area (Å²) < 4.78 is 38.8. The quantitative estimate of drug-likeness (QED) is 0.367. The van der Waals surface area contributed by atoms with Crippen LogP contribution in [0.2, 0.25) is 0 Å². The molecule has 1 heterocycles. The summed E-state index contributed by atoms with van der Waals surface area (Å²) in [7, 11) is -3.90. The van der Waals surface area contributed by atoms with Gasteiger partial charge < -0.3 is 25.6 Å². The number of aliphatic hydroxyl groups excluding tert-OH is 1. The Bertz CT molecular complexity index is 1060. The van der Waals surface area contributed by atoms with Crippen LogP contribution in [0, 0.1) is 11.8 Å². The van der Waals surface area contributed by atoms with Gasteiger partial charge in [0, 0.05) is 31.3 Å². The van der Waals surface area contributed by atoms with Gasteiger partial charge in [0.05, 0.1) is 30.3 Å². The van der Waals surface area contributed by atoms with Gasteiger partial charge in [-0.05, 0) is 48.6 Å². The van der Waals surface area contributed by atoms with Crippen molar-refractivity contribution in [2.75, 3.05) is 38.6 Å². The summed E-state index contributed by atoms with van der Waals surface area (Å²) in [6.07, 6.45) is -0.703. The SMILES string of the molecule is CC(C)CN(C[C@@H](O)[C@H](Cc1ccccc1)NC(=O)OCC1CCOC1)S(=O)(=O)c1ccc(N)cc1. The lowest BCUT2D eigenvalue weighted by Crippen LogP contribution is -2.51. The second-order valence-electron chi connectivity index (χ2n) is 9.62. The summed E-state index contributed by atoms with van der Waals surface area (Å²) >= 11 is 0. The zero-order chi connectivity index (χ0) is 26.1. The van der Waals surface area contributed by atoms with Crippen LogP contribution in [-0.2, 0) is 25.9 Å². The van der Waals surface area contributed by atoms with Crippen molar-refractivity contribution in [2.45, 2.75) is 43.7 Å². The number of rotatable bonds is 12. The number of carbonyl (C=O) groups is 1. The molecule has 1 amide bonds. The zero-order valence-electron chi connectivity index (χ0n) is 20.9. The van der Waals surface area contributed by atoms with E-state index in [0.29, 0.717) is 25.3 Å². The molecule has 0 aliphatic carbocycles. The minimum Gasteiger partial charge on any atom is -0.449 e. The summed E-state index contributed by atoms with van der Waals surface area (Å²) in [6, 6.07) is 14.6. The van der Waals surface area contributed by atoms with Crippen LogP contribution in [0.15, 0.2) is 59.5 Å². The third kappa shape index (κ3) is 8.19. The number of carbonyl (C=O) groups excluding carboxylic acids is 1. The fraction of sp³-hybridized carbons (Fsp3) is 0.500. The van der Waals surface area contributed by atoms with Gasteiger partial charge in [0.25, 0.3) is 0 Å². The molecule has 1 saturated heterocycles. The molecule has 0 saturated carbocycles. The average molecular weight is 520 g/mol. The van der Waals surface area contributed by atoms with Crippen LogP contribution < -0.4 is 11.1 Å². The van der Waals surface area contributed by atoms with Crippen LogP contribution in [0.3, 0.4) is 0 Å². The molecule has 198 valence electrons. The highest BCUT2D eigenvalue weighted by Crippen LogP contribution is 2.20. The van der Waals surface area contributed by atoms with Crippen molar-refractivity contribution in [1.82, 2.24) is 9.62 Å². The molecule has 3 atom stereocenters. The van der Waals surface area contributed by atoms with E-state index in [-0.39, 0.29) is 36.4 Å². The van der Waals surface area contributed by atoms with Gasteiger partial charge >= 0.3 is 6.09 Å². The standard InChI is InChI=1S/C26H37N3O6S/c1-19(2)15-29(36(32,33)23-10-8-22(27)9-11-23)16-25(30)24(14-20-6-4-3-5-7-20)28-26(31)35-18-21-12-13-34-17-21/h3-11,19,21,24-25,30H,12-18,27H2,1-2H3,(H,28,31)/t21?,24-,25+/m0/s1. The highest BCUT2D eigenvalue weighted by atomic mass is 32.2. The maximum atomic E-state index is 13.4. The lowest BCUT2D eigenvalue weighted by Gasteiger charge is -2.30. The summed E-state index contributed by atoms with van der Waals surface area (Å²) in [5.41, 5.74) is 7.07. The maximum Gasteiger partial charge on any atom is 0.407 e. The minimum absolute atomic E-state index is 0.0138. The Kier molecular flexibility index (Phi) is 10.1. The number of hydrogen-bond donors (Lipinski definition) is 3. The topological polar surface area (TPSA) is 131 Å². The molecule has 2 aromatic rings. The highest BCUT2D eigenvalue weighted by molar-refractivity contribution is 7.89. The minimum atomic E-state index is -3.90. The van der Waals surface area contributed by atoms with Crippen molar-refractivity contribution in [1.29, 1.82) is 0 Å². The molecule has 0 spiro atoms. The summed E-state index contributed by atoms with van der Waals surface area (Å²) in [5, 5.41) is 14.0. The van der Waals surface area contributed by atoms with Gasteiger partial charge in [0.1, 0.15) is 0 Å². The van der Waals surface area contributed by atoms with Crippen LogP contribution in [0.5, 0.6) is 0 Å². The number of nitrogens with zero attached hydrogens (tertiary/aromatic N) is 1. The van der Waals surface area contributed by atoms with Gasteiger partial charge in [-0.1, -0.05) is 44.2 Å². The number of benzene rings is 2. The van der Waals surface area contributed by atoms with Gasteiger partial charge in [-0.3, -0.25) is 0 Å². The average Bonchev–Trinajstić information content (AvgIpc) is 3.36. The van der Waals surface area contributed by atoms with E-state index in [4.69, 9.17) is 15.2 Å². The number of nitrogens with two attached hydrogens (primary N) is 1. The van der Waals surface area contributed by atoms with Crippen molar-refractivity contribution in [3.05, 3.63) is 60.2 Å². The Hall–Kier alpha value is -2.66. The second-order valence-corrected chi connectivity index (χ2v) is 11.6. The molecule has 3 rings (SSSR count). The van der Waals surface area contributed by atoms with E-state index in [1.807, 2.05) is 44.2 Å². The third-order valence-electron chi connectivity index (χ3n) is 6.02. The summed E-state index contributed by atoms with van der Waals surface area (Å²) in [5.74, 6) is 0.166. The number of hydrogen-bond acceptors (Lipinski definition) is 7. The van der Waals surface area contributed by atoms with Crippen LogP contribution in [0.4, 0.5) is 10.5 Å². The highest BCUT2D eigenvalue weighted by Gasteiger charge is 2.31. The fourth-order valence-electron chi connectivity index (χ4n) is 4.06. The molecule has 1 aliphatic rings. The second kappa shape index (κ2) is 13.0. The number of ether oxygens (including phenoxy) is 2. The first-order valence-corrected chi connectivity index (χ1v) is 13.7. The fourth-order valence-corrected chi connectivity index (χ4v) is 5.68. The monoisotopic (exact) mass is 519 g/mol. The van der Waals surface area contributed by atoms with Crippen molar-refractivity contribution < 1.29 is 27.8 Å².